The van der Waals surface area contributed by atoms with Crippen LogP contribution in [0.15, 0.2) is 109 Å². The summed E-state index contributed by atoms with van der Waals surface area (Å²) in [7, 11) is 0. The van der Waals surface area contributed by atoms with Crippen LogP contribution in [-0.4, -0.2) is 60.9 Å². The average Bonchev–Trinajstić information content (AvgIpc) is 3.13. The molecule has 0 aliphatic rings. The molecule has 0 saturated heterocycles. The van der Waals surface area contributed by atoms with Crippen molar-refractivity contribution in [1.82, 2.24) is 0 Å². The third-order valence-corrected chi connectivity index (χ3v) is 20.5. The van der Waals surface area contributed by atoms with Gasteiger partial charge < -0.3 is 0 Å². The normalized spacial score (nSPS) is 14.4. The number of halogens is 18. The van der Waals surface area contributed by atoms with Gasteiger partial charge in [-0.05, 0) is 0 Å². The van der Waals surface area contributed by atoms with E-state index in [0.717, 1.165) is 0 Å². The molecular formula is C38H26ClF17Ge. The summed E-state index contributed by atoms with van der Waals surface area (Å²) >= 11 is 1.25. The molecule has 5 rings (SSSR count). The Balaban J connectivity index is 1.62. The van der Waals surface area contributed by atoms with Crippen LogP contribution in [0.3, 0.4) is 0 Å². The van der Waals surface area contributed by atoms with E-state index in [9.17, 15) is 57.1 Å². The monoisotopic (exact) mass is 914 g/mol. The van der Waals surface area contributed by atoms with Crippen LogP contribution in [0, 0.1) is 0 Å². The fourth-order valence-corrected chi connectivity index (χ4v) is 16.9. The molecule has 19 heteroatoms. The summed E-state index contributed by atoms with van der Waals surface area (Å²) in [5.41, 5.74) is 0.840. The predicted molar refractivity (Wildman–Crippen MR) is 182 cm³/mol. The van der Waals surface area contributed by atoms with Gasteiger partial charge in [0, 0.05) is 0 Å². The Morgan fingerprint density at radius 3 is 1.18 bits per heavy atom. The van der Waals surface area contributed by atoms with E-state index in [1.54, 1.807) is 84.9 Å². The van der Waals surface area contributed by atoms with Crippen LogP contribution in [0.2, 0.25) is 10.3 Å². The molecule has 5 aromatic rings. The molecule has 0 unspecified atom stereocenters. The maximum absolute atomic E-state index is 15.6. The van der Waals surface area contributed by atoms with E-state index in [1.807, 2.05) is 0 Å². The van der Waals surface area contributed by atoms with Gasteiger partial charge in [0.2, 0.25) is 0 Å². The van der Waals surface area contributed by atoms with Crippen molar-refractivity contribution < 1.29 is 74.6 Å². The molecule has 0 nitrogen and oxygen atoms in total. The Bertz CT molecular complexity index is 2130. The number of hydrogen-bond donors (Lipinski definition) is 0. The molecule has 5 aromatic carbocycles. The van der Waals surface area contributed by atoms with Gasteiger partial charge in [-0.1, -0.05) is 0 Å². The Morgan fingerprint density at radius 2 is 0.772 bits per heavy atom. The molecule has 0 aliphatic carbocycles. The van der Waals surface area contributed by atoms with Gasteiger partial charge in [-0.2, -0.15) is 0 Å². The summed E-state index contributed by atoms with van der Waals surface area (Å²) in [4.78, 5) is 0. The second-order valence-corrected chi connectivity index (χ2v) is 23.2. The average molecular weight is 914 g/mol. The molecule has 0 saturated carbocycles. The quantitative estimate of drug-likeness (QED) is 0.0769. The Hall–Kier alpha value is -3.74. The Morgan fingerprint density at radius 1 is 0.404 bits per heavy atom. The molecule has 0 spiro atoms. The maximum atomic E-state index is 15.6. The van der Waals surface area contributed by atoms with Crippen molar-refractivity contribution in [3.05, 3.63) is 125 Å². The molecule has 308 valence electrons. The molecule has 0 N–H and O–H groups in total. The Kier molecular flexibility index (Phi) is 11.5. The van der Waals surface area contributed by atoms with Gasteiger partial charge in [0.1, 0.15) is 0 Å². The van der Waals surface area contributed by atoms with E-state index < -0.39 is 72.6 Å². The fraction of sp³-hybridized carbons (Fsp3) is 0.316. The van der Waals surface area contributed by atoms with Crippen LogP contribution in [0.4, 0.5) is 74.6 Å². The summed E-state index contributed by atoms with van der Waals surface area (Å²) in [6.45, 7) is 0. The fourth-order valence-electron chi connectivity index (χ4n) is 6.62. The SMILES string of the molecule is FC(F)(F)C(F)(F)C(F)(F)C(F)(F)C(F)(F)C(F)(F)C(F)(F)C(F)(F)C[CH2][Ge]([CH2]c1ccc2ccccc2c1)([CH2]c1ccc2ccccc2c1)[c]1ccc(Cl)cc1. The van der Waals surface area contributed by atoms with Gasteiger partial charge in [-0.25, -0.2) is 0 Å². The van der Waals surface area contributed by atoms with Crippen molar-refractivity contribution in [2.45, 2.75) is 69.8 Å². The minimum atomic E-state index is -8.68. The van der Waals surface area contributed by atoms with E-state index in [2.05, 4.69) is 0 Å². The van der Waals surface area contributed by atoms with Gasteiger partial charge in [0.05, 0.1) is 0 Å². The summed E-state index contributed by atoms with van der Waals surface area (Å²) in [5, 5.41) is 1.23. The molecule has 57 heavy (non-hydrogen) atoms. The van der Waals surface area contributed by atoms with Crippen molar-refractivity contribution in [2.24, 2.45) is 0 Å². The summed E-state index contributed by atoms with van der Waals surface area (Å²) in [6.07, 6.45) is -10.3. The first-order valence-corrected chi connectivity index (χ1v) is 22.4. The molecule has 0 heterocycles. The van der Waals surface area contributed by atoms with Crippen LogP contribution < -0.4 is 4.40 Å². The molecule has 0 aromatic heterocycles. The van der Waals surface area contributed by atoms with Gasteiger partial charge >= 0.3 is 321 Å². The van der Waals surface area contributed by atoms with E-state index in [0.29, 0.717) is 32.7 Å². The van der Waals surface area contributed by atoms with E-state index in [-0.39, 0.29) is 19.9 Å². The zero-order valence-corrected chi connectivity index (χ0v) is 31.4. The van der Waals surface area contributed by atoms with Crippen molar-refractivity contribution in [2.75, 3.05) is 0 Å². The zero-order valence-electron chi connectivity index (χ0n) is 28.5. The summed E-state index contributed by atoms with van der Waals surface area (Å²) in [6, 6.07) is 28.5. The first-order chi connectivity index (χ1) is 26.0. The van der Waals surface area contributed by atoms with Crippen LogP contribution in [0.1, 0.15) is 17.5 Å². The van der Waals surface area contributed by atoms with Crippen molar-refractivity contribution in [3.63, 3.8) is 0 Å². The zero-order chi connectivity index (χ0) is 42.7. The van der Waals surface area contributed by atoms with Crippen LogP contribution >= 0.6 is 11.6 Å². The van der Waals surface area contributed by atoms with E-state index in [1.165, 1.54) is 24.3 Å². The molecule has 0 aliphatic heterocycles. The Labute approximate surface area is 320 Å². The molecule has 0 amide bonds. The predicted octanol–water partition coefficient (Wildman–Crippen LogP) is 13.3. The summed E-state index contributed by atoms with van der Waals surface area (Å²) in [5.74, 6) is -56.7. The molecule has 0 bridgehead atoms. The topological polar surface area (TPSA) is 0 Å². The van der Waals surface area contributed by atoms with Gasteiger partial charge in [0.15, 0.2) is 0 Å². The number of rotatable bonds is 14. The third kappa shape index (κ3) is 7.55. The molecular weight excluding hydrogens is 887 g/mol. The number of alkyl halides is 17. The van der Waals surface area contributed by atoms with Gasteiger partial charge in [-0.15, -0.1) is 0 Å². The second kappa shape index (κ2) is 14.8. The standard InChI is InChI=1S/C38H26ClF17Ge/c39-29-13-15-30(16-14-29)57(21-23-9-11-25-5-1-3-7-27(25)19-23,22-24-10-12-26-6-2-4-8-28(26)20-24)18-17-31(40,41)32(42,43)33(44,45)34(46,47)35(48,49)36(50,51)37(52,53)38(54,55)56/h1-16,19-20H,17-18,21-22H2. The van der Waals surface area contributed by atoms with E-state index in [4.69, 9.17) is 11.6 Å². The van der Waals surface area contributed by atoms with Crippen LogP contribution in [0.25, 0.3) is 21.5 Å². The number of fused-ring (bicyclic) bond motifs is 2. The van der Waals surface area contributed by atoms with E-state index >= 15 is 17.6 Å². The first kappa shape index (κ1) is 44.4. The second-order valence-electron chi connectivity index (χ2n) is 13.7. The number of benzene rings is 5. The molecule has 0 radical (unpaired) electrons. The number of hydrogen-bond acceptors (Lipinski definition) is 0. The molecule has 0 fully saturated rings. The minimum absolute atomic E-state index is 0.110. The van der Waals surface area contributed by atoms with Crippen molar-refractivity contribution >= 4 is 50.8 Å². The van der Waals surface area contributed by atoms with Crippen molar-refractivity contribution in [3.8, 4) is 0 Å². The van der Waals surface area contributed by atoms with Crippen LogP contribution in [-0.2, 0) is 10.5 Å². The van der Waals surface area contributed by atoms with Crippen LogP contribution in [0.5, 0.6) is 0 Å². The third-order valence-electron chi connectivity index (χ3n) is 9.87. The van der Waals surface area contributed by atoms with Gasteiger partial charge in [0.25, 0.3) is 0 Å². The van der Waals surface area contributed by atoms with Gasteiger partial charge in [-0.3, -0.25) is 0 Å². The van der Waals surface area contributed by atoms with Crippen molar-refractivity contribution in [1.29, 1.82) is 0 Å². The summed E-state index contributed by atoms with van der Waals surface area (Å²) < 4.78 is 241. The first-order valence-electron chi connectivity index (χ1n) is 16.5. The molecule has 0 atom stereocenters.